The molecule has 0 aromatic heterocycles. The van der Waals surface area contributed by atoms with Crippen molar-refractivity contribution in [3.05, 3.63) is 0 Å². The molecule has 0 aromatic carbocycles. The summed E-state index contributed by atoms with van der Waals surface area (Å²) in [6.07, 6.45) is 25.2. The van der Waals surface area contributed by atoms with E-state index in [-0.39, 0.29) is 194 Å². The normalized spacial score (nSPS) is 12.1. The molecular formula is C70H142Br6N6O13. The lowest BCUT2D eigenvalue weighted by molar-refractivity contribution is -0.883. The predicted octanol–water partition coefficient (Wildman–Crippen LogP) is -7.80. The molecule has 0 saturated heterocycles. The van der Waals surface area contributed by atoms with Gasteiger partial charge in [-0.25, -0.2) is 28.8 Å². The fraction of sp³-hybridized carbons (Fsp3) is 0.914. The highest BCUT2D eigenvalue weighted by Crippen LogP contribution is 2.28. The highest BCUT2D eigenvalue weighted by molar-refractivity contribution is 5.73. The summed E-state index contributed by atoms with van der Waals surface area (Å²) >= 11 is 0. The summed E-state index contributed by atoms with van der Waals surface area (Å²) in [7, 11) is 24.0. The Morgan fingerprint density at radius 3 is 0.484 bits per heavy atom. The molecule has 0 fully saturated rings. The second-order valence-electron chi connectivity index (χ2n) is 30.7. The molecule has 0 bridgehead atoms. The number of rotatable bonds is 58. The van der Waals surface area contributed by atoms with Crippen molar-refractivity contribution in [1.82, 2.24) is 0 Å². The van der Waals surface area contributed by atoms with Crippen LogP contribution in [0.1, 0.15) is 196 Å². The maximum absolute atomic E-state index is 14.1. The number of ether oxygens (including phenoxy) is 7. The number of quaternary nitrogens is 6. The van der Waals surface area contributed by atoms with Gasteiger partial charge in [-0.15, -0.1) is 0 Å². The number of unbranched alkanes of at least 4 members (excludes halogenated alkanes) is 18. The van der Waals surface area contributed by atoms with Gasteiger partial charge in [0.1, 0.15) is 39.6 Å². The third-order valence-electron chi connectivity index (χ3n) is 17.1. The Labute approximate surface area is 644 Å². The number of esters is 6. The molecule has 0 saturated carbocycles. The Balaban J connectivity index is -0.00000258. The molecule has 0 N–H and O–H groups in total. The average molecular weight is 1760 g/mol. The van der Waals surface area contributed by atoms with Crippen LogP contribution in [0.25, 0.3) is 0 Å². The summed E-state index contributed by atoms with van der Waals surface area (Å²) in [6, 6.07) is 0. The van der Waals surface area contributed by atoms with E-state index in [1.165, 1.54) is 0 Å². The fourth-order valence-corrected chi connectivity index (χ4v) is 11.0. The largest absolute Gasteiger partial charge is 1.00 e. The molecule has 0 aliphatic carbocycles. The van der Waals surface area contributed by atoms with Crippen molar-refractivity contribution in [2.45, 2.75) is 196 Å². The maximum Gasteiger partial charge on any atom is 0.361 e. The van der Waals surface area contributed by atoms with Crippen molar-refractivity contribution < 1.29 is 191 Å². The first-order chi connectivity index (χ1) is 41.7. The highest BCUT2D eigenvalue weighted by atomic mass is 79.9. The third-order valence-corrected chi connectivity index (χ3v) is 17.1. The van der Waals surface area contributed by atoms with Gasteiger partial charge in [-0.1, -0.05) is 119 Å². The molecule has 0 amide bonds. The Bertz CT molecular complexity index is 1640. The standard InChI is InChI=1S/C70H142N6O13.6BrH/c1-19-25-31-37-43-71(7,8)49-63(77)84-57-69(58-85-64(78)50-72(9,10)44-38-32-26-20-2,59-86-65(79)51-73(11,12)45-39-33-27-21-3)55-83-56-70(60-87-66(80)52-74(13,14)46-40-34-28-22-4,61-88-67(81)53-75(15,16)47-41-35-29-23-5)62-89-68(82)54-76(17,18)48-42-36-30-24-6;;;;;;/h19-62H2,1-18H3;6*1H/q+6;;;;;;/p-6. The van der Waals surface area contributed by atoms with Crippen LogP contribution in [0.3, 0.4) is 0 Å². The van der Waals surface area contributed by atoms with Gasteiger partial charge in [0.25, 0.3) is 0 Å². The van der Waals surface area contributed by atoms with Crippen LogP contribution in [0, 0.1) is 10.8 Å². The summed E-state index contributed by atoms with van der Waals surface area (Å²) in [5.74, 6) is -2.88. The molecule has 0 heterocycles. The Hall–Kier alpha value is -0.580. The first-order valence-corrected chi connectivity index (χ1v) is 35.1. The Morgan fingerprint density at radius 2 is 0.358 bits per heavy atom. The molecule has 0 rings (SSSR count). The van der Waals surface area contributed by atoms with Crippen LogP contribution in [0.2, 0.25) is 0 Å². The topological polar surface area (TPSA) is 167 Å². The van der Waals surface area contributed by atoms with Crippen molar-refractivity contribution in [1.29, 1.82) is 0 Å². The van der Waals surface area contributed by atoms with Crippen molar-refractivity contribution in [2.75, 3.05) is 216 Å². The van der Waals surface area contributed by atoms with Gasteiger partial charge < -0.3 is 162 Å². The minimum Gasteiger partial charge on any atom is -1.00 e. The van der Waals surface area contributed by atoms with Crippen LogP contribution in [0.5, 0.6) is 0 Å². The molecule has 0 aliphatic heterocycles. The fourth-order valence-electron chi connectivity index (χ4n) is 11.0. The molecule has 0 aromatic rings. The number of hydrogen-bond acceptors (Lipinski definition) is 13. The molecule has 0 aliphatic rings. The zero-order valence-corrected chi connectivity index (χ0v) is 72.9. The summed E-state index contributed by atoms with van der Waals surface area (Å²) < 4.78 is 46.6. The summed E-state index contributed by atoms with van der Waals surface area (Å²) in [5, 5.41) is 0. The molecule has 95 heavy (non-hydrogen) atoms. The van der Waals surface area contributed by atoms with Crippen LogP contribution >= 0.6 is 0 Å². The maximum atomic E-state index is 14.1. The van der Waals surface area contributed by atoms with E-state index in [2.05, 4.69) is 41.5 Å². The molecule has 572 valence electrons. The van der Waals surface area contributed by atoms with E-state index < -0.39 is 46.6 Å². The van der Waals surface area contributed by atoms with E-state index >= 15 is 0 Å². The number of nitrogens with zero attached hydrogens (tertiary/aromatic N) is 6. The summed E-state index contributed by atoms with van der Waals surface area (Å²) in [6.45, 7) is 15.3. The zero-order valence-electron chi connectivity index (χ0n) is 63.4. The Kier molecular flexibility index (Phi) is 66.8. The Morgan fingerprint density at radius 1 is 0.221 bits per heavy atom. The number of likely N-dealkylation sites (N-methyl/N-ethyl adjacent to an activating group) is 6. The van der Waals surface area contributed by atoms with Crippen molar-refractivity contribution in [3.63, 3.8) is 0 Å². The number of halogens is 6. The van der Waals surface area contributed by atoms with Crippen molar-refractivity contribution in [3.8, 4) is 0 Å². The van der Waals surface area contributed by atoms with E-state index in [1.54, 1.807) is 0 Å². The minimum atomic E-state index is -1.47. The molecule has 19 nitrogen and oxygen atoms in total. The van der Waals surface area contributed by atoms with Crippen LogP contribution in [0.4, 0.5) is 0 Å². The van der Waals surface area contributed by atoms with E-state index in [9.17, 15) is 28.8 Å². The quantitative estimate of drug-likeness (QED) is 0.0245. The first kappa shape index (κ1) is 108. The van der Waals surface area contributed by atoms with E-state index in [4.69, 9.17) is 33.2 Å². The first-order valence-electron chi connectivity index (χ1n) is 35.1. The van der Waals surface area contributed by atoms with E-state index in [0.717, 1.165) is 193 Å². The molecule has 0 atom stereocenters. The lowest BCUT2D eigenvalue weighted by atomic mass is 9.90. The predicted molar refractivity (Wildman–Crippen MR) is 357 cm³/mol. The van der Waals surface area contributed by atoms with Gasteiger partial charge in [0.05, 0.1) is 148 Å². The van der Waals surface area contributed by atoms with Gasteiger partial charge >= 0.3 is 35.8 Å². The van der Waals surface area contributed by atoms with Gasteiger partial charge in [0.15, 0.2) is 39.3 Å². The summed E-state index contributed by atoms with van der Waals surface area (Å²) in [5.41, 5.74) is -2.94. The second-order valence-corrected chi connectivity index (χ2v) is 30.7. The summed E-state index contributed by atoms with van der Waals surface area (Å²) in [4.78, 5) is 84.8. The van der Waals surface area contributed by atoms with Gasteiger partial charge in [-0.05, 0) is 77.0 Å². The van der Waals surface area contributed by atoms with Gasteiger partial charge in [-0.3, -0.25) is 0 Å². The third kappa shape index (κ3) is 58.6. The van der Waals surface area contributed by atoms with Crippen molar-refractivity contribution in [2.24, 2.45) is 10.8 Å². The second kappa shape index (κ2) is 58.9. The molecule has 0 spiro atoms. The average Bonchev–Trinajstić information content (AvgIpc) is 0.843. The molecule has 0 unspecified atom stereocenters. The minimum absolute atomic E-state index is 0. The van der Waals surface area contributed by atoms with Gasteiger partial charge in [-0.2, -0.15) is 0 Å². The van der Waals surface area contributed by atoms with E-state index in [0.29, 0.717) is 26.9 Å². The number of carbonyl (C=O) groups is 6. The van der Waals surface area contributed by atoms with Crippen LogP contribution in [0.15, 0.2) is 0 Å². The monoisotopic (exact) mass is 1750 g/mol. The number of carbonyl (C=O) groups excluding carboxylic acids is 6. The zero-order chi connectivity index (χ0) is 67.5. The lowest BCUT2D eigenvalue weighted by Crippen LogP contribution is -3.00. The van der Waals surface area contributed by atoms with Gasteiger partial charge in [0.2, 0.25) is 0 Å². The van der Waals surface area contributed by atoms with Crippen molar-refractivity contribution >= 4 is 35.8 Å². The smallest absolute Gasteiger partial charge is 0.361 e. The van der Waals surface area contributed by atoms with E-state index in [1.807, 2.05) is 84.6 Å². The van der Waals surface area contributed by atoms with Crippen LogP contribution in [-0.2, 0) is 61.9 Å². The molecule has 25 heteroatoms. The SMILES string of the molecule is CCCCCC[N+](C)(C)CC(=O)OCC(COCC(COC(=O)C[N+](C)(C)CCCCCC)(COC(=O)C[N+](C)(C)CCCCCC)COC(=O)C[N+](C)(C)CCCCCC)(COC(=O)C[N+](C)(C)CCCCCC)COC(=O)C[N+](C)(C)CCCCCC.[Br-].[Br-].[Br-].[Br-].[Br-].[Br-]. The number of hydrogen-bond donors (Lipinski definition) is 0. The highest BCUT2D eigenvalue weighted by Gasteiger charge is 2.43. The van der Waals surface area contributed by atoms with Crippen LogP contribution < -0.4 is 102 Å². The lowest BCUT2D eigenvalue weighted by Gasteiger charge is -2.37. The molecular weight excluding hydrogens is 1610 g/mol. The molecule has 0 radical (unpaired) electrons. The van der Waals surface area contributed by atoms with Crippen LogP contribution in [-0.4, -0.2) is 279 Å². The van der Waals surface area contributed by atoms with Gasteiger partial charge in [0, 0.05) is 0 Å².